The average molecular weight is 407 g/mol. The Kier molecular flexibility index (Phi) is 6.20. The number of halogens is 2. The van der Waals surface area contributed by atoms with E-state index in [9.17, 15) is 4.79 Å². The van der Waals surface area contributed by atoms with Crippen LogP contribution in [0.2, 0.25) is 10.0 Å². The van der Waals surface area contributed by atoms with Gasteiger partial charge in [0.05, 0.1) is 9.90 Å². The number of aryl methyl sites for hydroxylation is 1. The lowest BCUT2D eigenvalue weighted by Gasteiger charge is -2.06. The highest BCUT2D eigenvalue weighted by Crippen LogP contribution is 2.32. The third-order valence-corrected chi connectivity index (χ3v) is 5.67. The quantitative estimate of drug-likeness (QED) is 0.324. The van der Waals surface area contributed by atoms with Gasteiger partial charge in [0.1, 0.15) is 28.9 Å². The molecule has 3 rings (SSSR count). The number of rotatable bonds is 7. The molecular weight excluding hydrogens is 391 g/mol. The second-order valence-corrected chi connectivity index (χ2v) is 7.42. The summed E-state index contributed by atoms with van der Waals surface area (Å²) < 4.78 is 11.3. The molecule has 0 saturated carbocycles. The summed E-state index contributed by atoms with van der Waals surface area (Å²) in [6.07, 6.45) is 4.10. The van der Waals surface area contributed by atoms with Crippen LogP contribution in [0.1, 0.15) is 33.0 Å². The van der Waals surface area contributed by atoms with Gasteiger partial charge in [-0.1, -0.05) is 36.2 Å². The predicted molar refractivity (Wildman–Crippen MR) is 107 cm³/mol. The zero-order valence-electron chi connectivity index (χ0n) is 14.0. The van der Waals surface area contributed by atoms with E-state index in [-0.39, 0.29) is 12.4 Å². The molecule has 3 nitrogen and oxygen atoms in total. The number of furan rings is 1. The van der Waals surface area contributed by atoms with E-state index in [0.29, 0.717) is 27.3 Å². The molecule has 0 aliphatic carbocycles. The Labute approximate surface area is 165 Å². The van der Waals surface area contributed by atoms with Crippen molar-refractivity contribution in [1.82, 2.24) is 0 Å². The summed E-state index contributed by atoms with van der Waals surface area (Å²) in [5.41, 5.74) is 0. The number of benzene rings is 1. The van der Waals surface area contributed by atoms with E-state index in [1.54, 1.807) is 36.4 Å². The van der Waals surface area contributed by atoms with Crippen molar-refractivity contribution in [2.24, 2.45) is 0 Å². The zero-order chi connectivity index (χ0) is 18.5. The summed E-state index contributed by atoms with van der Waals surface area (Å²) in [5.74, 6) is 1.67. The topological polar surface area (TPSA) is 39.4 Å². The molecule has 0 aliphatic rings. The fourth-order valence-corrected chi connectivity index (χ4v) is 3.46. The Hall–Kier alpha value is -2.01. The maximum absolute atomic E-state index is 12.2. The monoisotopic (exact) mass is 406 g/mol. The molecule has 2 aromatic heterocycles. The summed E-state index contributed by atoms with van der Waals surface area (Å²) in [4.78, 5) is 14.1. The number of allylic oxidation sites excluding steroid dienone is 1. The Balaban J connectivity index is 1.60. The van der Waals surface area contributed by atoms with Gasteiger partial charge in [0, 0.05) is 4.88 Å². The number of carbonyl (C=O) groups is 1. The summed E-state index contributed by atoms with van der Waals surface area (Å²) in [5, 5.41) is 0.805. The average Bonchev–Trinajstić information content (AvgIpc) is 3.30. The van der Waals surface area contributed by atoms with Gasteiger partial charge in [-0.05, 0) is 55.0 Å². The molecule has 6 heteroatoms. The minimum Gasteiger partial charge on any atom is -0.484 e. The summed E-state index contributed by atoms with van der Waals surface area (Å²) >= 11 is 13.6. The summed E-state index contributed by atoms with van der Waals surface area (Å²) in [6, 6.07) is 12.6. The summed E-state index contributed by atoms with van der Waals surface area (Å²) in [7, 11) is 0. The number of ketones is 1. The predicted octanol–water partition coefficient (Wildman–Crippen LogP) is 6.69. The summed E-state index contributed by atoms with van der Waals surface area (Å²) in [6.45, 7) is 2.28. The van der Waals surface area contributed by atoms with Crippen molar-refractivity contribution in [3.05, 3.63) is 79.9 Å². The Morgan fingerprint density at radius 1 is 1.19 bits per heavy atom. The molecule has 1 aromatic carbocycles. The minimum atomic E-state index is -0.0328. The van der Waals surface area contributed by atoms with Crippen LogP contribution in [0, 0.1) is 0 Å². The second-order valence-electron chi connectivity index (χ2n) is 5.46. The Morgan fingerprint density at radius 2 is 2.04 bits per heavy atom. The molecule has 134 valence electrons. The largest absolute Gasteiger partial charge is 0.484 e. The molecule has 0 aliphatic heterocycles. The van der Waals surface area contributed by atoms with E-state index in [0.717, 1.165) is 11.3 Å². The first-order valence-corrected chi connectivity index (χ1v) is 9.60. The van der Waals surface area contributed by atoms with Crippen LogP contribution in [0.5, 0.6) is 5.75 Å². The number of thiophene rings is 1. The minimum absolute atomic E-state index is 0.0328. The van der Waals surface area contributed by atoms with Crippen molar-refractivity contribution in [1.29, 1.82) is 0 Å². The van der Waals surface area contributed by atoms with E-state index in [1.165, 1.54) is 22.3 Å². The first-order valence-electron chi connectivity index (χ1n) is 8.03. The van der Waals surface area contributed by atoms with Crippen molar-refractivity contribution < 1.29 is 13.9 Å². The first-order chi connectivity index (χ1) is 12.6. The Morgan fingerprint density at radius 3 is 2.81 bits per heavy atom. The van der Waals surface area contributed by atoms with Crippen molar-refractivity contribution >= 4 is 46.4 Å². The number of carbonyl (C=O) groups excluding carboxylic acids is 1. The molecule has 0 unspecified atom stereocenters. The van der Waals surface area contributed by atoms with Crippen molar-refractivity contribution in [2.45, 2.75) is 20.0 Å². The van der Waals surface area contributed by atoms with Crippen molar-refractivity contribution in [3.8, 4) is 5.75 Å². The van der Waals surface area contributed by atoms with Gasteiger partial charge >= 0.3 is 0 Å². The van der Waals surface area contributed by atoms with Crippen molar-refractivity contribution in [2.75, 3.05) is 0 Å². The van der Waals surface area contributed by atoms with Crippen LogP contribution in [-0.4, -0.2) is 5.78 Å². The SMILES string of the molecule is CCc1ccc(C(=O)/C=C/c2ccc(COc3cccc(Cl)c3Cl)o2)s1. The van der Waals surface area contributed by atoms with Crippen LogP contribution in [-0.2, 0) is 13.0 Å². The van der Waals surface area contributed by atoms with Crippen LogP contribution in [0.15, 0.2) is 53.0 Å². The molecule has 26 heavy (non-hydrogen) atoms. The molecule has 0 amide bonds. The normalized spacial score (nSPS) is 11.2. The van der Waals surface area contributed by atoms with Gasteiger partial charge in [0.15, 0.2) is 5.78 Å². The fourth-order valence-electron chi connectivity index (χ4n) is 2.25. The van der Waals surface area contributed by atoms with E-state index >= 15 is 0 Å². The van der Waals surface area contributed by atoms with Crippen LogP contribution in [0.3, 0.4) is 0 Å². The molecule has 0 N–H and O–H groups in total. The standard InChI is InChI=1S/C20H16Cl2O3S/c1-2-15-9-11-19(26-15)17(23)10-8-13-6-7-14(25-13)12-24-18-5-3-4-16(21)20(18)22/h3-11H,2,12H2,1H3/b10-8+. The highest BCUT2D eigenvalue weighted by molar-refractivity contribution is 7.14. The third kappa shape index (κ3) is 4.58. The fraction of sp³-hybridized carbons (Fsp3) is 0.150. The van der Waals surface area contributed by atoms with Crippen LogP contribution in [0.25, 0.3) is 6.08 Å². The molecule has 0 atom stereocenters. The van der Waals surface area contributed by atoms with E-state index in [2.05, 4.69) is 6.92 Å². The van der Waals surface area contributed by atoms with Gasteiger partial charge < -0.3 is 9.15 Å². The molecule has 2 heterocycles. The van der Waals surface area contributed by atoms with Gasteiger partial charge in [-0.15, -0.1) is 11.3 Å². The molecule has 0 fully saturated rings. The molecule has 0 bridgehead atoms. The zero-order valence-corrected chi connectivity index (χ0v) is 16.3. The third-order valence-electron chi connectivity index (χ3n) is 3.62. The highest BCUT2D eigenvalue weighted by atomic mass is 35.5. The Bertz CT molecular complexity index is 940. The second kappa shape index (κ2) is 8.58. The lowest BCUT2D eigenvalue weighted by Crippen LogP contribution is -1.94. The van der Waals surface area contributed by atoms with Gasteiger partial charge in [-0.2, -0.15) is 0 Å². The maximum atomic E-state index is 12.2. The van der Waals surface area contributed by atoms with Gasteiger partial charge in [0.2, 0.25) is 0 Å². The van der Waals surface area contributed by atoms with E-state index in [4.69, 9.17) is 32.4 Å². The lowest BCUT2D eigenvalue weighted by molar-refractivity contribution is 0.105. The van der Waals surface area contributed by atoms with Gasteiger partial charge in [0.25, 0.3) is 0 Å². The van der Waals surface area contributed by atoms with Gasteiger partial charge in [-0.3, -0.25) is 4.79 Å². The van der Waals surface area contributed by atoms with Crippen LogP contribution in [0.4, 0.5) is 0 Å². The smallest absolute Gasteiger partial charge is 0.195 e. The highest BCUT2D eigenvalue weighted by Gasteiger charge is 2.08. The number of hydrogen-bond donors (Lipinski definition) is 0. The maximum Gasteiger partial charge on any atom is 0.195 e. The van der Waals surface area contributed by atoms with E-state index in [1.807, 2.05) is 12.1 Å². The van der Waals surface area contributed by atoms with Crippen LogP contribution < -0.4 is 4.74 Å². The first kappa shape index (κ1) is 18.8. The van der Waals surface area contributed by atoms with Crippen molar-refractivity contribution in [3.63, 3.8) is 0 Å². The molecular formula is C20H16Cl2O3S. The molecule has 0 radical (unpaired) electrons. The van der Waals surface area contributed by atoms with Gasteiger partial charge in [-0.25, -0.2) is 0 Å². The molecule has 3 aromatic rings. The molecule has 0 saturated heterocycles. The van der Waals surface area contributed by atoms with Crippen LogP contribution >= 0.6 is 34.5 Å². The lowest BCUT2D eigenvalue weighted by atomic mass is 10.2. The molecule has 0 spiro atoms. The number of hydrogen-bond acceptors (Lipinski definition) is 4. The van der Waals surface area contributed by atoms with E-state index < -0.39 is 0 Å². The number of ether oxygens (including phenoxy) is 1.